The van der Waals surface area contributed by atoms with Crippen molar-refractivity contribution in [2.45, 2.75) is 13.5 Å². The maximum atomic E-state index is 10.6. The van der Waals surface area contributed by atoms with E-state index in [2.05, 4.69) is 4.98 Å². The van der Waals surface area contributed by atoms with Crippen molar-refractivity contribution in [3.8, 4) is 0 Å². The van der Waals surface area contributed by atoms with Gasteiger partial charge in [-0.05, 0) is 18.6 Å². The van der Waals surface area contributed by atoms with Gasteiger partial charge >= 0.3 is 5.97 Å². The van der Waals surface area contributed by atoms with Crippen molar-refractivity contribution in [3.63, 3.8) is 0 Å². The van der Waals surface area contributed by atoms with Gasteiger partial charge in [0.2, 0.25) is 0 Å². The van der Waals surface area contributed by atoms with E-state index >= 15 is 0 Å². The molecule has 1 heterocycles. The molecule has 0 fully saturated rings. The zero-order valence-electron chi connectivity index (χ0n) is 6.74. The molecule has 12 heavy (non-hydrogen) atoms. The van der Waals surface area contributed by atoms with Crippen LogP contribution in [0.3, 0.4) is 0 Å². The first kappa shape index (κ1) is 8.67. The Morgan fingerprint density at radius 3 is 2.92 bits per heavy atom. The average molecular weight is 166 g/mol. The summed E-state index contributed by atoms with van der Waals surface area (Å²) in [6.07, 6.45) is 1.33. The lowest BCUT2D eigenvalue weighted by atomic mass is 10.1. The topological polar surface area (TPSA) is 76.2 Å². The van der Waals surface area contributed by atoms with E-state index in [1.165, 1.54) is 6.20 Å². The van der Waals surface area contributed by atoms with Crippen molar-refractivity contribution in [1.82, 2.24) is 4.98 Å². The Morgan fingerprint density at radius 2 is 2.42 bits per heavy atom. The second-order valence-corrected chi connectivity index (χ2v) is 2.49. The van der Waals surface area contributed by atoms with Crippen LogP contribution in [0.2, 0.25) is 0 Å². The van der Waals surface area contributed by atoms with Crippen LogP contribution >= 0.6 is 0 Å². The number of carboxylic acids is 1. The van der Waals surface area contributed by atoms with Crippen molar-refractivity contribution < 1.29 is 9.90 Å². The van der Waals surface area contributed by atoms with Gasteiger partial charge in [-0.25, -0.2) is 4.79 Å². The van der Waals surface area contributed by atoms with Gasteiger partial charge in [0.05, 0.1) is 5.56 Å². The first-order chi connectivity index (χ1) is 5.65. The molecule has 0 aliphatic rings. The van der Waals surface area contributed by atoms with E-state index in [4.69, 9.17) is 10.8 Å². The number of rotatable bonds is 2. The summed E-state index contributed by atoms with van der Waals surface area (Å²) in [7, 11) is 0. The third-order valence-electron chi connectivity index (χ3n) is 1.58. The Bertz CT molecular complexity index is 310. The maximum Gasteiger partial charge on any atom is 0.337 e. The predicted octanol–water partition coefficient (Wildman–Crippen LogP) is 0.547. The largest absolute Gasteiger partial charge is 0.478 e. The molecule has 0 saturated heterocycles. The predicted molar refractivity (Wildman–Crippen MR) is 43.8 cm³/mol. The summed E-state index contributed by atoms with van der Waals surface area (Å²) in [6.45, 7) is 2.02. The molecule has 1 aromatic heterocycles. The van der Waals surface area contributed by atoms with Crippen LogP contribution in [0, 0.1) is 6.92 Å². The van der Waals surface area contributed by atoms with Gasteiger partial charge in [0.15, 0.2) is 0 Å². The number of nitrogens with zero attached hydrogens (tertiary/aromatic N) is 1. The summed E-state index contributed by atoms with van der Waals surface area (Å²) >= 11 is 0. The normalized spacial score (nSPS) is 9.83. The molecule has 3 N–H and O–H groups in total. The quantitative estimate of drug-likeness (QED) is 0.672. The first-order valence-electron chi connectivity index (χ1n) is 3.54. The third-order valence-corrected chi connectivity index (χ3v) is 1.58. The minimum absolute atomic E-state index is 0.183. The molecule has 0 aliphatic heterocycles. The van der Waals surface area contributed by atoms with Crippen LogP contribution in [0.4, 0.5) is 0 Å². The SMILES string of the molecule is Cc1cc(CN)c(C(=O)O)cn1. The van der Waals surface area contributed by atoms with Gasteiger partial charge in [-0.3, -0.25) is 4.98 Å². The van der Waals surface area contributed by atoms with Gasteiger partial charge in [-0.1, -0.05) is 0 Å². The molecule has 0 atom stereocenters. The molecular weight excluding hydrogens is 156 g/mol. The van der Waals surface area contributed by atoms with Crippen LogP contribution in [0.5, 0.6) is 0 Å². The lowest BCUT2D eigenvalue weighted by Gasteiger charge is -2.02. The lowest BCUT2D eigenvalue weighted by Crippen LogP contribution is -2.08. The van der Waals surface area contributed by atoms with Crippen LogP contribution in [-0.4, -0.2) is 16.1 Å². The van der Waals surface area contributed by atoms with E-state index in [0.29, 0.717) is 5.56 Å². The third kappa shape index (κ3) is 1.60. The minimum atomic E-state index is -0.983. The molecule has 4 heteroatoms. The van der Waals surface area contributed by atoms with Crippen molar-refractivity contribution in [2.24, 2.45) is 5.73 Å². The van der Waals surface area contributed by atoms with E-state index in [9.17, 15) is 4.79 Å². The molecule has 0 unspecified atom stereocenters. The highest BCUT2D eigenvalue weighted by Gasteiger charge is 2.08. The van der Waals surface area contributed by atoms with Crippen LogP contribution in [0.15, 0.2) is 12.3 Å². The van der Waals surface area contributed by atoms with Gasteiger partial charge in [-0.2, -0.15) is 0 Å². The molecule has 0 aromatic carbocycles. The fraction of sp³-hybridized carbons (Fsp3) is 0.250. The molecule has 0 spiro atoms. The molecule has 0 radical (unpaired) electrons. The molecule has 1 aromatic rings. The number of nitrogens with two attached hydrogens (primary N) is 1. The molecule has 1 rings (SSSR count). The fourth-order valence-corrected chi connectivity index (χ4v) is 0.978. The molecule has 64 valence electrons. The van der Waals surface area contributed by atoms with Crippen molar-refractivity contribution in [1.29, 1.82) is 0 Å². The molecule has 4 nitrogen and oxygen atoms in total. The summed E-state index contributed by atoms with van der Waals surface area (Å²) in [5.74, 6) is -0.983. The lowest BCUT2D eigenvalue weighted by molar-refractivity contribution is 0.0695. The summed E-state index contributed by atoms with van der Waals surface area (Å²) in [4.78, 5) is 14.5. The highest BCUT2D eigenvalue weighted by atomic mass is 16.4. The zero-order chi connectivity index (χ0) is 9.14. The highest BCUT2D eigenvalue weighted by molar-refractivity contribution is 5.88. The van der Waals surface area contributed by atoms with Gasteiger partial charge in [-0.15, -0.1) is 0 Å². The van der Waals surface area contributed by atoms with Gasteiger partial charge in [0.25, 0.3) is 0 Å². The molecule has 0 bridgehead atoms. The van der Waals surface area contributed by atoms with Crippen LogP contribution in [0.1, 0.15) is 21.6 Å². The number of hydrogen-bond acceptors (Lipinski definition) is 3. The van der Waals surface area contributed by atoms with E-state index in [-0.39, 0.29) is 12.1 Å². The standard InChI is InChI=1S/C8H10N2O2/c1-5-2-6(3-9)7(4-10-5)8(11)12/h2,4H,3,9H2,1H3,(H,11,12). The molecular formula is C8H10N2O2. The second kappa shape index (κ2) is 3.32. The fourth-order valence-electron chi connectivity index (χ4n) is 0.978. The average Bonchev–Trinajstić information content (AvgIpc) is 2.03. The number of aryl methyl sites for hydroxylation is 1. The van der Waals surface area contributed by atoms with E-state index in [0.717, 1.165) is 5.69 Å². The molecule has 0 saturated carbocycles. The van der Waals surface area contributed by atoms with Crippen LogP contribution < -0.4 is 5.73 Å². The van der Waals surface area contributed by atoms with Crippen LogP contribution in [-0.2, 0) is 6.54 Å². The summed E-state index contributed by atoms with van der Waals surface area (Å²) < 4.78 is 0. The Labute approximate surface area is 70.0 Å². The van der Waals surface area contributed by atoms with E-state index < -0.39 is 5.97 Å². The van der Waals surface area contributed by atoms with Crippen LogP contribution in [0.25, 0.3) is 0 Å². The Balaban J connectivity index is 3.20. The van der Waals surface area contributed by atoms with Crippen molar-refractivity contribution in [2.75, 3.05) is 0 Å². The Hall–Kier alpha value is -1.42. The number of pyridine rings is 1. The Kier molecular flexibility index (Phi) is 2.40. The summed E-state index contributed by atoms with van der Waals surface area (Å²) in [6, 6.07) is 1.68. The summed E-state index contributed by atoms with van der Waals surface area (Å²) in [5.41, 5.74) is 6.95. The molecule has 0 amide bonds. The van der Waals surface area contributed by atoms with Crippen molar-refractivity contribution in [3.05, 3.63) is 29.1 Å². The first-order valence-corrected chi connectivity index (χ1v) is 3.54. The molecule has 0 aliphatic carbocycles. The zero-order valence-corrected chi connectivity index (χ0v) is 6.74. The van der Waals surface area contributed by atoms with Gasteiger partial charge in [0.1, 0.15) is 0 Å². The van der Waals surface area contributed by atoms with Gasteiger partial charge < -0.3 is 10.8 Å². The smallest absolute Gasteiger partial charge is 0.337 e. The van der Waals surface area contributed by atoms with Crippen molar-refractivity contribution >= 4 is 5.97 Å². The minimum Gasteiger partial charge on any atom is -0.478 e. The number of carboxylic acid groups (broad SMARTS) is 1. The number of carbonyl (C=O) groups is 1. The number of aromatic carboxylic acids is 1. The maximum absolute atomic E-state index is 10.6. The highest BCUT2D eigenvalue weighted by Crippen LogP contribution is 2.07. The van der Waals surface area contributed by atoms with E-state index in [1.807, 2.05) is 0 Å². The number of hydrogen-bond donors (Lipinski definition) is 2. The summed E-state index contributed by atoms with van der Waals surface area (Å²) in [5, 5.41) is 8.69. The van der Waals surface area contributed by atoms with Gasteiger partial charge in [0, 0.05) is 18.4 Å². The van der Waals surface area contributed by atoms with E-state index in [1.54, 1.807) is 13.0 Å². The monoisotopic (exact) mass is 166 g/mol. The second-order valence-electron chi connectivity index (χ2n) is 2.49. The Morgan fingerprint density at radius 1 is 1.75 bits per heavy atom. The number of aromatic nitrogens is 1.